The Hall–Kier alpha value is -4.30. The van der Waals surface area contributed by atoms with Crippen molar-refractivity contribution in [1.82, 2.24) is 14.0 Å². The maximum absolute atomic E-state index is 13.9. The average molecular weight is 509 g/mol. The molecule has 0 saturated carbocycles. The van der Waals surface area contributed by atoms with Gasteiger partial charge in [0.15, 0.2) is 18.2 Å². The second-order valence-corrected chi connectivity index (χ2v) is 10.3. The van der Waals surface area contributed by atoms with Gasteiger partial charge in [0, 0.05) is 60.5 Å². The fraction of sp³-hybridized carbons (Fsp3) is 0.138. The van der Waals surface area contributed by atoms with E-state index in [1.165, 1.54) is 11.1 Å². The lowest BCUT2D eigenvalue weighted by Gasteiger charge is -2.12. The Balaban J connectivity index is 1.44. The summed E-state index contributed by atoms with van der Waals surface area (Å²) in [5, 5.41) is 12.5. The molecule has 0 saturated heterocycles. The number of rotatable bonds is 4. The van der Waals surface area contributed by atoms with Crippen molar-refractivity contribution in [3.05, 3.63) is 119 Å². The molecule has 1 unspecified atom stereocenters. The average Bonchev–Trinajstić information content (AvgIpc) is 3.61. The van der Waals surface area contributed by atoms with Crippen LogP contribution in [0.3, 0.4) is 0 Å². The van der Waals surface area contributed by atoms with Gasteiger partial charge in [-0.15, -0.1) is 11.8 Å². The number of hydrogen-bond acceptors (Lipinski definition) is 4. The van der Waals surface area contributed by atoms with Gasteiger partial charge in [0.2, 0.25) is 0 Å². The van der Waals surface area contributed by atoms with Crippen LogP contribution in [-0.4, -0.2) is 39.9 Å². The van der Waals surface area contributed by atoms with Crippen molar-refractivity contribution in [1.29, 1.82) is 0 Å². The molecule has 0 spiro atoms. The molecule has 6 rings (SSSR count). The molecule has 1 amide bonds. The van der Waals surface area contributed by atoms with Crippen LogP contribution in [0.25, 0.3) is 22.0 Å². The first-order chi connectivity index (χ1) is 17.9. The van der Waals surface area contributed by atoms with Gasteiger partial charge in [0.25, 0.3) is 0 Å². The number of pyridine rings is 1. The number of carbonyl (C=O) groups is 2. The normalized spacial score (nSPS) is 14.6. The van der Waals surface area contributed by atoms with Gasteiger partial charge in [-0.2, -0.15) is 4.73 Å². The first-order valence-corrected chi connectivity index (χ1v) is 12.9. The van der Waals surface area contributed by atoms with Gasteiger partial charge < -0.3 is 14.7 Å². The molecule has 0 fully saturated rings. The molecular weight excluding hydrogens is 484 g/mol. The van der Waals surface area contributed by atoms with Crippen LogP contribution in [0.1, 0.15) is 32.6 Å². The fourth-order valence-electron chi connectivity index (χ4n) is 4.91. The Bertz CT molecular complexity index is 1670. The minimum Gasteiger partial charge on any atom is -0.619 e. The molecule has 1 atom stereocenters. The number of amides is 1. The van der Waals surface area contributed by atoms with Gasteiger partial charge in [-0.1, -0.05) is 42.5 Å². The van der Waals surface area contributed by atoms with Crippen LogP contribution >= 0.6 is 11.8 Å². The number of nitrogens with zero attached hydrogens (tertiary/aromatic N) is 4. The third-order valence-corrected chi connectivity index (χ3v) is 7.98. The summed E-state index contributed by atoms with van der Waals surface area (Å²) < 4.78 is 4.41. The van der Waals surface area contributed by atoms with Gasteiger partial charge >= 0.3 is 6.03 Å². The monoisotopic (exact) mass is 508 g/mol. The summed E-state index contributed by atoms with van der Waals surface area (Å²) in [4.78, 5) is 28.5. The molecule has 1 aliphatic heterocycles. The lowest BCUT2D eigenvalue weighted by Crippen LogP contribution is -2.26. The zero-order valence-electron chi connectivity index (χ0n) is 20.4. The van der Waals surface area contributed by atoms with E-state index < -0.39 is 0 Å². The van der Waals surface area contributed by atoms with E-state index in [1.807, 2.05) is 66.9 Å². The highest BCUT2D eigenvalue weighted by Crippen LogP contribution is 2.42. The van der Waals surface area contributed by atoms with Crippen molar-refractivity contribution in [3.8, 4) is 11.1 Å². The molecule has 4 heterocycles. The van der Waals surface area contributed by atoms with Gasteiger partial charge in [-0.25, -0.2) is 4.79 Å². The third-order valence-electron chi connectivity index (χ3n) is 6.73. The van der Waals surface area contributed by atoms with E-state index in [-0.39, 0.29) is 17.2 Å². The highest BCUT2D eigenvalue weighted by Gasteiger charge is 2.31. The van der Waals surface area contributed by atoms with Crippen LogP contribution in [0.5, 0.6) is 0 Å². The summed E-state index contributed by atoms with van der Waals surface area (Å²) in [6, 6.07) is 21.1. The minimum absolute atomic E-state index is 0.0666. The maximum atomic E-state index is 13.9. The van der Waals surface area contributed by atoms with Gasteiger partial charge in [0.1, 0.15) is 5.37 Å². The van der Waals surface area contributed by atoms with Crippen molar-refractivity contribution >= 4 is 34.5 Å². The topological polar surface area (TPSA) is 74.2 Å². The molecular formula is C29H24N4O3S. The summed E-state index contributed by atoms with van der Waals surface area (Å²) >= 11 is 1.68. The molecule has 1 aliphatic rings. The SMILES string of the molecule is CN(C)C(=O)n1cc(C(=O)c2ccn3c2CSC3c2ccc[n+]([O-])c2)c2ccc(-c3ccccc3)cc21. The van der Waals surface area contributed by atoms with Crippen molar-refractivity contribution in [2.24, 2.45) is 0 Å². The maximum Gasteiger partial charge on any atom is 0.328 e. The number of aromatic nitrogens is 3. The van der Waals surface area contributed by atoms with Crippen LogP contribution in [0.15, 0.2) is 91.5 Å². The first-order valence-electron chi connectivity index (χ1n) is 11.9. The van der Waals surface area contributed by atoms with E-state index in [0.29, 0.717) is 22.4 Å². The standard InChI is InChI=1S/C29H24N4O3S/c1-30(2)29(35)33-17-24(22-11-10-20(15-25(22)33)19-7-4-3-5-8-19)27(34)23-12-14-32-26(23)18-37-28(32)21-9-6-13-31(36)16-21/h3-17,28H,18H2,1-2H3. The first kappa shape index (κ1) is 23.1. The fourth-order valence-corrected chi connectivity index (χ4v) is 6.22. The number of thioether (sulfide) groups is 1. The molecule has 0 bridgehead atoms. The van der Waals surface area contributed by atoms with Crippen LogP contribution in [0.4, 0.5) is 4.79 Å². The van der Waals surface area contributed by atoms with Crippen LogP contribution in [-0.2, 0) is 5.75 Å². The van der Waals surface area contributed by atoms with E-state index in [9.17, 15) is 14.8 Å². The van der Waals surface area contributed by atoms with Crippen molar-refractivity contribution in [2.45, 2.75) is 11.1 Å². The highest BCUT2D eigenvalue weighted by molar-refractivity contribution is 7.99. The molecule has 7 nitrogen and oxygen atoms in total. The third kappa shape index (κ3) is 3.90. The largest absolute Gasteiger partial charge is 0.619 e. The summed E-state index contributed by atoms with van der Waals surface area (Å²) in [6.07, 6.45) is 6.60. The molecule has 5 aromatic rings. The van der Waals surface area contributed by atoms with Crippen LogP contribution in [0, 0.1) is 5.21 Å². The summed E-state index contributed by atoms with van der Waals surface area (Å²) in [5.74, 6) is 0.532. The molecule has 0 radical (unpaired) electrons. The summed E-state index contributed by atoms with van der Waals surface area (Å²) in [6.45, 7) is 0. The van der Waals surface area contributed by atoms with Crippen molar-refractivity contribution in [2.75, 3.05) is 14.1 Å². The predicted octanol–water partition coefficient (Wildman–Crippen LogP) is 5.30. The number of benzene rings is 2. The quantitative estimate of drug-likeness (QED) is 0.188. The van der Waals surface area contributed by atoms with Gasteiger partial charge in [-0.3, -0.25) is 9.36 Å². The molecule has 0 N–H and O–H groups in total. The zero-order chi connectivity index (χ0) is 25.7. The summed E-state index contributed by atoms with van der Waals surface area (Å²) in [5.41, 5.74) is 5.61. The molecule has 3 aromatic heterocycles. The van der Waals surface area contributed by atoms with Crippen molar-refractivity contribution in [3.63, 3.8) is 0 Å². The number of ketones is 1. The molecule has 8 heteroatoms. The van der Waals surface area contributed by atoms with E-state index >= 15 is 0 Å². The Labute approximate surface area is 218 Å². The number of carbonyl (C=O) groups excluding carboxylic acids is 2. The van der Waals surface area contributed by atoms with E-state index in [1.54, 1.807) is 48.9 Å². The van der Waals surface area contributed by atoms with E-state index in [4.69, 9.17) is 0 Å². The van der Waals surface area contributed by atoms with Gasteiger partial charge in [-0.05, 0) is 29.3 Å². The van der Waals surface area contributed by atoms with Crippen molar-refractivity contribution < 1.29 is 14.3 Å². The molecule has 2 aromatic carbocycles. The predicted molar refractivity (Wildman–Crippen MR) is 145 cm³/mol. The number of hydrogen-bond donors (Lipinski definition) is 0. The lowest BCUT2D eigenvalue weighted by molar-refractivity contribution is -0.605. The van der Waals surface area contributed by atoms with Gasteiger partial charge in [0.05, 0.1) is 11.1 Å². The van der Waals surface area contributed by atoms with Crippen LogP contribution in [0.2, 0.25) is 0 Å². The Morgan fingerprint density at radius 2 is 1.81 bits per heavy atom. The zero-order valence-corrected chi connectivity index (χ0v) is 21.2. The second-order valence-electron chi connectivity index (χ2n) is 9.26. The summed E-state index contributed by atoms with van der Waals surface area (Å²) in [7, 11) is 3.40. The molecule has 37 heavy (non-hydrogen) atoms. The Morgan fingerprint density at radius 3 is 2.57 bits per heavy atom. The number of fused-ring (bicyclic) bond motifs is 2. The van der Waals surface area contributed by atoms with E-state index in [0.717, 1.165) is 32.5 Å². The highest BCUT2D eigenvalue weighted by atomic mass is 32.2. The van der Waals surface area contributed by atoms with E-state index in [2.05, 4.69) is 4.57 Å². The van der Waals surface area contributed by atoms with Crippen LogP contribution < -0.4 is 4.73 Å². The molecule has 0 aliphatic carbocycles. The molecule has 184 valence electrons. The second kappa shape index (κ2) is 8.97. The smallest absolute Gasteiger partial charge is 0.328 e. The Kier molecular flexibility index (Phi) is 5.61. The Morgan fingerprint density at radius 1 is 1.00 bits per heavy atom. The minimum atomic E-state index is -0.220. The lowest BCUT2D eigenvalue weighted by atomic mass is 10.00.